The number of hydrogen-bond donors (Lipinski definition) is 0. The van der Waals surface area contributed by atoms with E-state index in [2.05, 4.69) is 0 Å². The van der Waals surface area contributed by atoms with Crippen molar-refractivity contribution in [1.29, 1.82) is 5.26 Å². The van der Waals surface area contributed by atoms with Gasteiger partial charge in [-0.05, 0) is 19.1 Å². The molecule has 0 radical (unpaired) electrons. The van der Waals surface area contributed by atoms with E-state index in [0.717, 1.165) is 11.3 Å². The van der Waals surface area contributed by atoms with Crippen molar-refractivity contribution in [1.82, 2.24) is 9.47 Å². The van der Waals surface area contributed by atoms with Crippen molar-refractivity contribution in [2.45, 2.75) is 13.5 Å². The number of morpholine rings is 1. The lowest BCUT2D eigenvalue weighted by Gasteiger charge is -2.26. The molecule has 6 nitrogen and oxygen atoms in total. The van der Waals surface area contributed by atoms with Gasteiger partial charge in [-0.1, -0.05) is 18.2 Å². The second-order valence-corrected chi connectivity index (χ2v) is 6.91. The summed E-state index contributed by atoms with van der Waals surface area (Å²) >= 11 is 1.03. The van der Waals surface area contributed by atoms with E-state index >= 15 is 0 Å². The van der Waals surface area contributed by atoms with Crippen LogP contribution in [0.5, 0.6) is 0 Å². The molecule has 0 saturated carbocycles. The van der Waals surface area contributed by atoms with Crippen LogP contribution in [0.25, 0.3) is 11.6 Å². The highest BCUT2D eigenvalue weighted by Gasteiger charge is 2.23. The molecule has 1 aromatic heterocycles. The molecule has 1 aliphatic heterocycles. The lowest BCUT2D eigenvalue weighted by molar-refractivity contribution is -0.128. The highest BCUT2D eigenvalue weighted by molar-refractivity contribution is 7.07. The standard InChI is InChI=1S/C19H18FN3O3S/c1-2-23-18(25)16(11-13-5-3-4-6-15(13)20)27-19(23)14(12-21)17(24)22-7-9-26-10-8-22/h3-6,11H,2,7-10H2,1H3. The minimum atomic E-state index is -0.441. The van der Waals surface area contributed by atoms with Crippen LogP contribution in [0.2, 0.25) is 0 Å². The van der Waals surface area contributed by atoms with Crippen LogP contribution in [0.4, 0.5) is 4.39 Å². The molecule has 1 saturated heterocycles. The van der Waals surface area contributed by atoms with E-state index < -0.39 is 11.7 Å². The Kier molecular flexibility index (Phi) is 5.84. The fourth-order valence-electron chi connectivity index (χ4n) is 2.84. The molecular formula is C19H18FN3O3S. The maximum atomic E-state index is 13.9. The molecule has 2 heterocycles. The van der Waals surface area contributed by atoms with Crippen molar-refractivity contribution in [3.63, 3.8) is 0 Å². The van der Waals surface area contributed by atoms with Gasteiger partial charge >= 0.3 is 0 Å². The zero-order chi connectivity index (χ0) is 19.4. The lowest BCUT2D eigenvalue weighted by Crippen LogP contribution is -2.42. The van der Waals surface area contributed by atoms with E-state index in [-0.39, 0.29) is 21.2 Å². The molecule has 27 heavy (non-hydrogen) atoms. The molecule has 0 atom stereocenters. The molecule has 1 amide bonds. The molecule has 0 aliphatic carbocycles. The molecule has 1 fully saturated rings. The summed E-state index contributed by atoms with van der Waals surface area (Å²) in [5.41, 5.74) is -0.138. The van der Waals surface area contributed by atoms with Gasteiger partial charge < -0.3 is 9.64 Å². The van der Waals surface area contributed by atoms with Crippen molar-refractivity contribution in [3.05, 3.63) is 55.2 Å². The minimum Gasteiger partial charge on any atom is -0.378 e. The fourth-order valence-corrected chi connectivity index (χ4v) is 3.99. The summed E-state index contributed by atoms with van der Waals surface area (Å²) in [6.45, 7) is 3.71. The first-order chi connectivity index (χ1) is 13.1. The van der Waals surface area contributed by atoms with E-state index in [1.807, 2.05) is 6.07 Å². The Balaban J connectivity index is 2.19. The van der Waals surface area contributed by atoms with Crippen LogP contribution in [0.1, 0.15) is 12.5 Å². The van der Waals surface area contributed by atoms with Gasteiger partial charge in [-0.25, -0.2) is 4.39 Å². The molecule has 3 rings (SSSR count). The maximum Gasteiger partial charge on any atom is 0.269 e. The molecule has 2 aromatic rings. The van der Waals surface area contributed by atoms with Crippen molar-refractivity contribution in [2.75, 3.05) is 26.3 Å². The average Bonchev–Trinajstić information content (AvgIpc) is 3.00. The molecule has 1 aromatic carbocycles. The van der Waals surface area contributed by atoms with Crippen molar-refractivity contribution in [2.24, 2.45) is 0 Å². The Bertz CT molecular complexity index is 1070. The molecule has 0 unspecified atom stereocenters. The summed E-state index contributed by atoms with van der Waals surface area (Å²) in [7, 11) is 0. The summed E-state index contributed by atoms with van der Waals surface area (Å²) in [6, 6.07) is 8.08. The summed E-state index contributed by atoms with van der Waals surface area (Å²) < 4.78 is 21.1. The number of amides is 1. The number of benzene rings is 1. The van der Waals surface area contributed by atoms with E-state index in [1.54, 1.807) is 30.0 Å². The van der Waals surface area contributed by atoms with Crippen LogP contribution in [0, 0.1) is 17.1 Å². The number of carbonyl (C=O) groups excluding carboxylic acids is 1. The highest BCUT2D eigenvalue weighted by atomic mass is 32.1. The number of thiazole rings is 1. The molecular weight excluding hydrogens is 369 g/mol. The molecule has 0 N–H and O–H groups in total. The first-order valence-corrected chi connectivity index (χ1v) is 9.35. The number of carbonyl (C=O) groups is 1. The quantitative estimate of drug-likeness (QED) is 0.766. The summed E-state index contributed by atoms with van der Waals surface area (Å²) in [6.07, 6.45) is 1.45. The zero-order valence-corrected chi connectivity index (χ0v) is 15.6. The van der Waals surface area contributed by atoms with E-state index in [1.165, 1.54) is 16.7 Å². The zero-order valence-electron chi connectivity index (χ0n) is 14.8. The van der Waals surface area contributed by atoms with Gasteiger partial charge in [-0.3, -0.25) is 14.2 Å². The lowest BCUT2D eigenvalue weighted by atomic mass is 10.2. The Labute approximate surface area is 159 Å². The number of aromatic nitrogens is 1. The van der Waals surface area contributed by atoms with Crippen molar-refractivity contribution < 1.29 is 13.9 Å². The highest BCUT2D eigenvalue weighted by Crippen LogP contribution is 2.07. The van der Waals surface area contributed by atoms with Crippen LogP contribution >= 0.6 is 11.3 Å². The average molecular weight is 387 g/mol. The van der Waals surface area contributed by atoms with E-state index in [4.69, 9.17) is 4.74 Å². The SMILES string of the molecule is CCn1c(=C(C#N)C(=O)N2CCOCC2)sc(=Cc2ccccc2F)c1=O. The Hall–Kier alpha value is -2.76. The van der Waals surface area contributed by atoms with Gasteiger partial charge in [0.25, 0.3) is 11.5 Å². The molecule has 0 spiro atoms. The number of rotatable bonds is 3. The minimum absolute atomic E-state index is 0.0750. The first-order valence-electron chi connectivity index (χ1n) is 8.54. The fraction of sp³-hybridized carbons (Fsp3) is 0.316. The molecule has 0 bridgehead atoms. The van der Waals surface area contributed by atoms with Gasteiger partial charge in [0.2, 0.25) is 0 Å². The predicted octanol–water partition coefficient (Wildman–Crippen LogP) is 0.431. The van der Waals surface area contributed by atoms with E-state index in [0.29, 0.717) is 37.5 Å². The van der Waals surface area contributed by atoms with Crippen LogP contribution in [-0.4, -0.2) is 41.7 Å². The number of nitrogens with zero attached hydrogens (tertiary/aromatic N) is 3. The Morgan fingerprint density at radius 3 is 2.70 bits per heavy atom. The van der Waals surface area contributed by atoms with Gasteiger partial charge in [-0.15, -0.1) is 11.3 Å². The summed E-state index contributed by atoms with van der Waals surface area (Å²) in [4.78, 5) is 27.0. The van der Waals surface area contributed by atoms with Crippen LogP contribution < -0.4 is 14.8 Å². The first kappa shape index (κ1) is 19.0. The van der Waals surface area contributed by atoms with Gasteiger partial charge in [-0.2, -0.15) is 5.26 Å². The van der Waals surface area contributed by atoms with Crippen LogP contribution in [0.3, 0.4) is 0 Å². The Morgan fingerprint density at radius 2 is 2.07 bits per heavy atom. The number of ether oxygens (including phenoxy) is 1. The van der Waals surface area contributed by atoms with Gasteiger partial charge in [0, 0.05) is 25.2 Å². The summed E-state index contributed by atoms with van der Waals surface area (Å²) in [5.74, 6) is -0.856. The van der Waals surface area contributed by atoms with Crippen molar-refractivity contribution >= 4 is 28.9 Å². The summed E-state index contributed by atoms with van der Waals surface area (Å²) in [5, 5.41) is 9.59. The third kappa shape index (κ3) is 3.84. The third-order valence-corrected chi connectivity index (χ3v) is 5.38. The second-order valence-electron chi connectivity index (χ2n) is 5.88. The monoisotopic (exact) mass is 387 g/mol. The normalized spacial score (nSPS) is 16.2. The number of hydrogen-bond acceptors (Lipinski definition) is 5. The number of halogens is 1. The predicted molar refractivity (Wildman–Crippen MR) is 99.9 cm³/mol. The van der Waals surface area contributed by atoms with Gasteiger partial charge in [0.05, 0.1) is 17.7 Å². The molecule has 8 heteroatoms. The van der Waals surface area contributed by atoms with Crippen LogP contribution in [-0.2, 0) is 16.1 Å². The van der Waals surface area contributed by atoms with Crippen LogP contribution in [0.15, 0.2) is 29.1 Å². The Morgan fingerprint density at radius 1 is 1.37 bits per heavy atom. The smallest absolute Gasteiger partial charge is 0.269 e. The van der Waals surface area contributed by atoms with Gasteiger partial charge in [0.1, 0.15) is 16.5 Å². The maximum absolute atomic E-state index is 13.9. The number of nitriles is 1. The largest absolute Gasteiger partial charge is 0.378 e. The third-order valence-electron chi connectivity index (χ3n) is 4.25. The molecule has 140 valence electrons. The van der Waals surface area contributed by atoms with Gasteiger partial charge in [0.15, 0.2) is 5.57 Å². The topological polar surface area (TPSA) is 75.3 Å². The second kappa shape index (κ2) is 8.29. The molecule has 1 aliphatic rings. The van der Waals surface area contributed by atoms with E-state index in [9.17, 15) is 19.2 Å². The van der Waals surface area contributed by atoms with Crippen molar-refractivity contribution in [3.8, 4) is 6.07 Å².